The van der Waals surface area contributed by atoms with Crippen LogP contribution in [0, 0.1) is 5.92 Å². The van der Waals surface area contributed by atoms with E-state index in [0.717, 1.165) is 0 Å². The minimum Gasteiger partial charge on any atom is -0.481 e. The van der Waals surface area contributed by atoms with Gasteiger partial charge in [0.05, 0.1) is 5.92 Å². The van der Waals surface area contributed by atoms with Crippen molar-refractivity contribution in [3.8, 4) is 0 Å². The number of amides is 1. The molecule has 18 heavy (non-hydrogen) atoms. The summed E-state index contributed by atoms with van der Waals surface area (Å²) < 4.78 is 0. The Hall–Kier alpha value is -2.18. The average Bonchev–Trinajstić information content (AvgIpc) is 2.37. The molecule has 1 rings (SSSR count). The van der Waals surface area contributed by atoms with Gasteiger partial charge in [-0.05, 0) is 12.1 Å². The molecule has 0 aliphatic rings. The summed E-state index contributed by atoms with van der Waals surface area (Å²) in [6.07, 6.45) is 0. The highest BCUT2D eigenvalue weighted by molar-refractivity contribution is 5.91. The molecule has 0 spiro atoms. The van der Waals surface area contributed by atoms with Crippen molar-refractivity contribution in [3.63, 3.8) is 0 Å². The number of nitrogens with zero attached hydrogens (tertiary/aromatic N) is 3. The molecule has 1 atom stereocenters. The maximum Gasteiger partial charge on any atom is 0.308 e. The zero-order valence-corrected chi connectivity index (χ0v) is 10.5. The Morgan fingerprint density at radius 2 is 2.11 bits per heavy atom. The van der Waals surface area contributed by atoms with Gasteiger partial charge in [-0.3, -0.25) is 9.59 Å². The van der Waals surface area contributed by atoms with Crippen LogP contribution >= 0.6 is 0 Å². The number of carbonyl (C=O) groups excluding carboxylic acids is 1. The molecule has 0 radical (unpaired) electrons. The van der Waals surface area contributed by atoms with Crippen molar-refractivity contribution in [2.24, 2.45) is 5.92 Å². The number of aromatic nitrogens is 2. The quantitative estimate of drug-likeness (QED) is 0.765. The molecule has 7 nitrogen and oxygen atoms in total. The standard InChI is InChI=1S/C11H16N4O3/c1-7(11(17)18)6-15(3)9-5-4-8(13-14-9)10(16)12-2/h4-5,7H,6H2,1-3H3,(H,12,16)(H,17,18). The number of hydrogen-bond donors (Lipinski definition) is 2. The highest BCUT2D eigenvalue weighted by Crippen LogP contribution is 2.10. The molecule has 0 aromatic carbocycles. The minimum atomic E-state index is -0.864. The van der Waals surface area contributed by atoms with Crippen LogP contribution in [-0.2, 0) is 4.79 Å². The minimum absolute atomic E-state index is 0.223. The van der Waals surface area contributed by atoms with Crippen molar-refractivity contribution in [2.45, 2.75) is 6.92 Å². The van der Waals surface area contributed by atoms with Crippen molar-refractivity contribution in [1.29, 1.82) is 0 Å². The van der Waals surface area contributed by atoms with Gasteiger partial charge in [-0.1, -0.05) is 6.92 Å². The van der Waals surface area contributed by atoms with Crippen LogP contribution < -0.4 is 10.2 Å². The van der Waals surface area contributed by atoms with E-state index in [1.165, 1.54) is 7.05 Å². The van der Waals surface area contributed by atoms with Crippen LogP contribution in [0.15, 0.2) is 12.1 Å². The van der Waals surface area contributed by atoms with Gasteiger partial charge < -0.3 is 15.3 Å². The van der Waals surface area contributed by atoms with Crippen molar-refractivity contribution in [2.75, 3.05) is 25.5 Å². The molecule has 0 aliphatic heterocycles. The number of hydrogen-bond acceptors (Lipinski definition) is 5. The summed E-state index contributed by atoms with van der Waals surface area (Å²) in [6.45, 7) is 1.94. The molecule has 98 valence electrons. The first-order valence-corrected chi connectivity index (χ1v) is 5.45. The van der Waals surface area contributed by atoms with Crippen molar-refractivity contribution in [1.82, 2.24) is 15.5 Å². The molecule has 0 aliphatic carbocycles. The second-order valence-corrected chi connectivity index (χ2v) is 3.98. The maximum absolute atomic E-state index is 11.3. The SMILES string of the molecule is CNC(=O)c1ccc(N(C)CC(C)C(=O)O)nn1. The number of carboxylic acid groups (broad SMARTS) is 1. The van der Waals surface area contributed by atoms with Gasteiger partial charge in [0.15, 0.2) is 11.5 Å². The Balaban J connectivity index is 2.73. The van der Waals surface area contributed by atoms with E-state index in [-0.39, 0.29) is 11.6 Å². The summed E-state index contributed by atoms with van der Waals surface area (Å²) >= 11 is 0. The Morgan fingerprint density at radius 1 is 1.44 bits per heavy atom. The molecule has 7 heteroatoms. The Morgan fingerprint density at radius 3 is 2.56 bits per heavy atom. The first-order valence-electron chi connectivity index (χ1n) is 5.45. The fraction of sp³-hybridized carbons (Fsp3) is 0.455. The molecule has 1 amide bonds. The lowest BCUT2D eigenvalue weighted by Gasteiger charge is -2.19. The van der Waals surface area contributed by atoms with Gasteiger partial charge in [0, 0.05) is 20.6 Å². The molecular formula is C11H16N4O3. The maximum atomic E-state index is 11.3. The summed E-state index contributed by atoms with van der Waals surface area (Å²) in [7, 11) is 3.24. The second-order valence-electron chi connectivity index (χ2n) is 3.98. The fourth-order valence-corrected chi connectivity index (χ4v) is 1.36. The molecular weight excluding hydrogens is 236 g/mol. The fourth-order valence-electron chi connectivity index (χ4n) is 1.36. The third-order valence-electron chi connectivity index (χ3n) is 2.47. The zero-order valence-electron chi connectivity index (χ0n) is 10.5. The number of rotatable bonds is 5. The van der Waals surface area contributed by atoms with E-state index in [4.69, 9.17) is 5.11 Å². The number of anilines is 1. The number of carboxylic acids is 1. The summed E-state index contributed by atoms with van der Waals surface area (Å²) in [5.74, 6) is -1.15. The normalized spacial score (nSPS) is 11.7. The molecule has 2 N–H and O–H groups in total. The van der Waals surface area contributed by atoms with Gasteiger partial charge in [0.2, 0.25) is 0 Å². The van der Waals surface area contributed by atoms with Crippen LogP contribution in [0.25, 0.3) is 0 Å². The van der Waals surface area contributed by atoms with E-state index in [2.05, 4.69) is 15.5 Å². The van der Waals surface area contributed by atoms with E-state index in [0.29, 0.717) is 12.4 Å². The van der Waals surface area contributed by atoms with E-state index < -0.39 is 11.9 Å². The monoisotopic (exact) mass is 252 g/mol. The highest BCUT2D eigenvalue weighted by atomic mass is 16.4. The van der Waals surface area contributed by atoms with Crippen LogP contribution in [0.3, 0.4) is 0 Å². The van der Waals surface area contributed by atoms with E-state index in [1.54, 1.807) is 31.0 Å². The van der Waals surface area contributed by atoms with Crippen molar-refractivity contribution >= 4 is 17.7 Å². The zero-order chi connectivity index (χ0) is 13.7. The predicted octanol–water partition coefficient (Wildman–Crippen LogP) is -0.00690. The summed E-state index contributed by atoms with van der Waals surface area (Å²) in [6, 6.07) is 3.18. The average molecular weight is 252 g/mol. The van der Waals surface area contributed by atoms with Crippen LogP contribution in [0.4, 0.5) is 5.82 Å². The molecule has 1 aromatic rings. The third kappa shape index (κ3) is 3.41. The molecule has 1 aromatic heterocycles. The lowest BCUT2D eigenvalue weighted by atomic mass is 10.2. The topological polar surface area (TPSA) is 95.4 Å². The lowest BCUT2D eigenvalue weighted by Crippen LogP contribution is -2.29. The smallest absolute Gasteiger partial charge is 0.308 e. The molecule has 0 saturated heterocycles. The van der Waals surface area contributed by atoms with Crippen LogP contribution in [0.2, 0.25) is 0 Å². The van der Waals surface area contributed by atoms with Gasteiger partial charge in [0.1, 0.15) is 0 Å². The van der Waals surface area contributed by atoms with Crippen molar-refractivity contribution < 1.29 is 14.7 Å². The summed E-state index contributed by atoms with van der Waals surface area (Å²) in [5, 5.41) is 18.9. The van der Waals surface area contributed by atoms with Gasteiger partial charge in [-0.2, -0.15) is 0 Å². The molecule has 1 unspecified atom stereocenters. The van der Waals surface area contributed by atoms with Gasteiger partial charge in [-0.25, -0.2) is 0 Å². The largest absolute Gasteiger partial charge is 0.481 e. The first-order chi connectivity index (χ1) is 8.45. The van der Waals surface area contributed by atoms with Crippen LogP contribution in [0.5, 0.6) is 0 Å². The number of carbonyl (C=O) groups is 2. The van der Waals surface area contributed by atoms with Crippen LogP contribution in [-0.4, -0.2) is 47.8 Å². The summed E-state index contributed by atoms with van der Waals surface area (Å²) in [5.41, 5.74) is 0.223. The molecule has 0 fully saturated rings. The van der Waals surface area contributed by atoms with E-state index in [1.807, 2.05) is 0 Å². The molecule has 1 heterocycles. The second kappa shape index (κ2) is 5.95. The van der Waals surface area contributed by atoms with Gasteiger partial charge in [-0.15, -0.1) is 10.2 Å². The first kappa shape index (κ1) is 13.9. The lowest BCUT2D eigenvalue weighted by molar-refractivity contribution is -0.140. The van der Waals surface area contributed by atoms with Gasteiger partial charge >= 0.3 is 5.97 Å². The van der Waals surface area contributed by atoms with E-state index in [9.17, 15) is 9.59 Å². The van der Waals surface area contributed by atoms with Gasteiger partial charge in [0.25, 0.3) is 5.91 Å². The Bertz CT molecular complexity index is 432. The highest BCUT2D eigenvalue weighted by Gasteiger charge is 2.15. The number of aliphatic carboxylic acids is 1. The number of nitrogens with one attached hydrogen (secondary N) is 1. The summed E-state index contributed by atoms with van der Waals surface area (Å²) in [4.78, 5) is 23.7. The Labute approximate surface area is 105 Å². The Kier molecular flexibility index (Phi) is 4.59. The van der Waals surface area contributed by atoms with Crippen LogP contribution in [0.1, 0.15) is 17.4 Å². The van der Waals surface area contributed by atoms with Crippen molar-refractivity contribution in [3.05, 3.63) is 17.8 Å². The third-order valence-corrected chi connectivity index (χ3v) is 2.47. The molecule has 0 saturated carbocycles. The molecule has 0 bridgehead atoms. The van der Waals surface area contributed by atoms with E-state index >= 15 is 0 Å². The predicted molar refractivity (Wildman–Crippen MR) is 65.5 cm³/mol.